The van der Waals surface area contributed by atoms with E-state index in [1.807, 2.05) is 48.5 Å². The molecule has 8 rings (SSSR count). The van der Waals surface area contributed by atoms with Crippen molar-refractivity contribution in [3.8, 4) is 23.3 Å². The minimum Gasteiger partial charge on any atom is -0.397 e. The van der Waals surface area contributed by atoms with Gasteiger partial charge in [0.2, 0.25) is 0 Å². The summed E-state index contributed by atoms with van der Waals surface area (Å²) in [6, 6.07) is 47.5. The molecule has 0 heterocycles. The van der Waals surface area contributed by atoms with E-state index >= 15 is 0 Å². The van der Waals surface area contributed by atoms with Gasteiger partial charge in [0.15, 0.2) is 0 Å². The molecule has 0 aliphatic carbocycles. The van der Waals surface area contributed by atoms with Gasteiger partial charge in [-0.2, -0.15) is 10.5 Å². The maximum atomic E-state index is 9.65. The Bertz CT molecular complexity index is 2520. The molecule has 0 radical (unpaired) electrons. The van der Waals surface area contributed by atoms with Crippen molar-refractivity contribution >= 4 is 81.2 Å². The van der Waals surface area contributed by atoms with Crippen LogP contribution in [0, 0.1) is 22.7 Å². The quantitative estimate of drug-likeness (QED) is 0.138. The van der Waals surface area contributed by atoms with E-state index in [2.05, 4.69) is 101 Å². The van der Waals surface area contributed by atoms with E-state index in [-0.39, 0.29) is 0 Å². The molecule has 0 atom stereocenters. The molecule has 0 unspecified atom stereocenters. The number of halogens is 1. The second kappa shape index (κ2) is 11.3. The summed E-state index contributed by atoms with van der Waals surface area (Å²) in [4.78, 5) is 0. The average Bonchev–Trinajstić information content (AvgIpc) is 3.10. The molecule has 5 heteroatoms. The molecule has 4 N–H and O–H groups in total. The summed E-state index contributed by atoms with van der Waals surface area (Å²) >= 11 is 3.42. The minimum atomic E-state index is 0.510. The lowest BCUT2D eigenvalue weighted by Crippen LogP contribution is -1.94. The molecule has 0 amide bonds. The Morgan fingerprint density at radius 2 is 0.822 bits per heavy atom. The fraction of sp³-hybridized carbons (Fsp3) is 0. The maximum absolute atomic E-state index is 9.65. The monoisotopic (exact) mass is 640 g/mol. The third-order valence-corrected chi connectivity index (χ3v) is 9.07. The predicted octanol–water partition coefficient (Wildman–Crippen LogP) is 10.5. The molecule has 212 valence electrons. The highest BCUT2D eigenvalue weighted by molar-refractivity contribution is 9.10. The lowest BCUT2D eigenvalue weighted by Gasteiger charge is -2.14. The number of nitrogens with two attached hydrogens (primary N) is 2. The smallest absolute Gasteiger partial charge is 0.101 e. The van der Waals surface area contributed by atoms with Crippen molar-refractivity contribution in [2.24, 2.45) is 0 Å². The van der Waals surface area contributed by atoms with Crippen molar-refractivity contribution in [3.05, 3.63) is 143 Å². The number of nitrogen functional groups attached to an aromatic ring is 2. The lowest BCUT2D eigenvalue weighted by molar-refractivity contribution is 1.49. The van der Waals surface area contributed by atoms with Crippen molar-refractivity contribution in [2.75, 3.05) is 11.5 Å². The third-order valence-electron chi connectivity index (χ3n) is 8.42. The Hall–Kier alpha value is -5.88. The summed E-state index contributed by atoms with van der Waals surface area (Å²) in [6.45, 7) is 0. The molecule has 0 aromatic heterocycles. The van der Waals surface area contributed by atoms with Gasteiger partial charge < -0.3 is 11.5 Å². The van der Waals surface area contributed by atoms with E-state index < -0.39 is 0 Å². The highest BCUT2D eigenvalue weighted by atomic mass is 79.9. The zero-order valence-electron chi connectivity index (χ0n) is 24.1. The number of hydrogen-bond donors (Lipinski definition) is 2. The zero-order valence-corrected chi connectivity index (χ0v) is 25.6. The standard InChI is InChI=1S/C29H18N2.C11H7BrN2/c30-17-19-16-27(24-11-5-6-12-26(24)29(19)31)18-13-14-25-22-9-2-1-7-20(22)21-8-3-4-10-23(21)28(25)15-18;12-10-5-7(6-13)11(14)9-4-2-1-3-8(9)10/h1-16H,31H2;1-5H,14H2. The summed E-state index contributed by atoms with van der Waals surface area (Å²) in [7, 11) is 0. The van der Waals surface area contributed by atoms with Crippen LogP contribution in [0.5, 0.6) is 0 Å². The Balaban J connectivity index is 0.000000195. The Morgan fingerprint density at radius 1 is 0.422 bits per heavy atom. The largest absolute Gasteiger partial charge is 0.397 e. The van der Waals surface area contributed by atoms with Crippen molar-refractivity contribution in [2.45, 2.75) is 0 Å². The van der Waals surface area contributed by atoms with Gasteiger partial charge in [-0.05, 0) is 72.4 Å². The summed E-state index contributed by atoms with van der Waals surface area (Å²) in [5.74, 6) is 0. The van der Waals surface area contributed by atoms with Gasteiger partial charge in [0.05, 0.1) is 22.5 Å². The molecule has 45 heavy (non-hydrogen) atoms. The number of nitrogens with zero attached hydrogens (tertiary/aromatic N) is 2. The fourth-order valence-corrected chi connectivity index (χ4v) is 6.83. The van der Waals surface area contributed by atoms with E-state index in [4.69, 9.17) is 16.7 Å². The van der Waals surface area contributed by atoms with Gasteiger partial charge in [-0.1, -0.05) is 125 Å². The molecule has 0 fully saturated rings. The van der Waals surface area contributed by atoms with Crippen LogP contribution in [0.3, 0.4) is 0 Å². The lowest BCUT2D eigenvalue weighted by atomic mass is 9.90. The molecule has 0 saturated heterocycles. The average molecular weight is 642 g/mol. The van der Waals surface area contributed by atoms with Crippen LogP contribution in [-0.4, -0.2) is 0 Å². The maximum Gasteiger partial charge on any atom is 0.101 e. The van der Waals surface area contributed by atoms with Crippen molar-refractivity contribution < 1.29 is 0 Å². The van der Waals surface area contributed by atoms with Crippen LogP contribution in [0.25, 0.3) is 65.0 Å². The second-order valence-corrected chi connectivity index (χ2v) is 11.7. The molecule has 4 nitrogen and oxygen atoms in total. The van der Waals surface area contributed by atoms with Crippen LogP contribution in [0.1, 0.15) is 11.1 Å². The van der Waals surface area contributed by atoms with E-state index in [1.54, 1.807) is 6.07 Å². The molecule has 0 spiro atoms. The van der Waals surface area contributed by atoms with Crippen molar-refractivity contribution in [1.82, 2.24) is 0 Å². The summed E-state index contributed by atoms with van der Waals surface area (Å²) in [5.41, 5.74) is 16.4. The summed E-state index contributed by atoms with van der Waals surface area (Å²) in [6.07, 6.45) is 0. The summed E-state index contributed by atoms with van der Waals surface area (Å²) in [5, 5.41) is 29.9. The Labute approximate surface area is 268 Å². The first-order valence-corrected chi connectivity index (χ1v) is 15.2. The van der Waals surface area contributed by atoms with Crippen LogP contribution in [0.4, 0.5) is 11.4 Å². The molecule has 8 aromatic carbocycles. The van der Waals surface area contributed by atoms with Crippen LogP contribution < -0.4 is 11.5 Å². The van der Waals surface area contributed by atoms with Gasteiger partial charge in [0.1, 0.15) is 12.1 Å². The molecule has 0 aliphatic heterocycles. The Kier molecular flexibility index (Phi) is 7.02. The van der Waals surface area contributed by atoms with Gasteiger partial charge in [0.25, 0.3) is 0 Å². The highest BCUT2D eigenvalue weighted by Gasteiger charge is 2.14. The number of nitriles is 2. The van der Waals surface area contributed by atoms with Crippen LogP contribution in [-0.2, 0) is 0 Å². The van der Waals surface area contributed by atoms with Gasteiger partial charge in [-0.15, -0.1) is 0 Å². The van der Waals surface area contributed by atoms with E-state index in [0.29, 0.717) is 22.5 Å². The fourth-order valence-electron chi connectivity index (χ4n) is 6.25. The normalized spacial score (nSPS) is 10.9. The van der Waals surface area contributed by atoms with Crippen LogP contribution in [0.2, 0.25) is 0 Å². The SMILES string of the molecule is N#Cc1cc(-c2ccc3c4ccccc4c4ccccc4c3c2)c2ccccc2c1N.N#Cc1cc(Br)c2ccccc2c1N. The first-order chi connectivity index (χ1) is 22.0. The van der Waals surface area contributed by atoms with Crippen molar-refractivity contribution in [1.29, 1.82) is 10.5 Å². The van der Waals surface area contributed by atoms with Gasteiger partial charge in [-0.3, -0.25) is 0 Å². The highest BCUT2D eigenvalue weighted by Crippen LogP contribution is 2.40. The van der Waals surface area contributed by atoms with Crippen molar-refractivity contribution in [3.63, 3.8) is 0 Å². The number of hydrogen-bond acceptors (Lipinski definition) is 4. The second-order valence-electron chi connectivity index (χ2n) is 10.9. The van der Waals surface area contributed by atoms with Gasteiger partial charge in [0, 0.05) is 15.2 Å². The zero-order chi connectivity index (χ0) is 31.1. The number of rotatable bonds is 1. The summed E-state index contributed by atoms with van der Waals surface area (Å²) < 4.78 is 0.902. The molecular formula is C40H25BrN4. The predicted molar refractivity (Wildman–Crippen MR) is 192 cm³/mol. The Morgan fingerprint density at radius 3 is 1.36 bits per heavy atom. The van der Waals surface area contributed by atoms with Gasteiger partial charge in [-0.25, -0.2) is 0 Å². The van der Waals surface area contributed by atoms with Gasteiger partial charge >= 0.3 is 0 Å². The third kappa shape index (κ3) is 4.68. The van der Waals surface area contributed by atoms with E-state index in [0.717, 1.165) is 37.1 Å². The molecular weight excluding hydrogens is 616 g/mol. The number of anilines is 2. The molecule has 0 bridgehead atoms. The number of fused-ring (bicyclic) bond motifs is 8. The topological polar surface area (TPSA) is 99.6 Å². The van der Waals surface area contributed by atoms with Crippen LogP contribution >= 0.6 is 15.9 Å². The minimum absolute atomic E-state index is 0.510. The molecule has 0 saturated carbocycles. The van der Waals surface area contributed by atoms with Crippen LogP contribution in [0.15, 0.2) is 132 Å². The molecule has 8 aromatic rings. The first kappa shape index (κ1) is 27.9. The first-order valence-electron chi connectivity index (χ1n) is 14.4. The van der Waals surface area contributed by atoms with E-state index in [9.17, 15) is 5.26 Å². The molecule has 0 aliphatic rings. The van der Waals surface area contributed by atoms with E-state index in [1.165, 1.54) is 32.3 Å². The number of benzene rings is 8.